The van der Waals surface area contributed by atoms with Crippen LogP contribution in [-0.2, 0) is 17.1 Å². The summed E-state index contributed by atoms with van der Waals surface area (Å²) in [4.78, 5) is 14.0. The molecule has 2 atom stereocenters. The largest absolute Gasteiger partial charge is 0.417 e. The van der Waals surface area contributed by atoms with Crippen LogP contribution >= 0.6 is 0 Å². The number of carbonyl (C=O) groups is 1. The van der Waals surface area contributed by atoms with Gasteiger partial charge in [0.2, 0.25) is 5.91 Å². The highest BCUT2D eigenvalue weighted by molar-refractivity contribution is 5.96. The highest BCUT2D eigenvalue weighted by Crippen LogP contribution is 2.43. The minimum Gasteiger partial charge on any atom is -0.381 e. The third kappa shape index (κ3) is 4.12. The van der Waals surface area contributed by atoms with E-state index in [-0.39, 0.29) is 24.3 Å². The number of hydrogen-bond acceptors (Lipinski definition) is 3. The Balaban J connectivity index is 2.20. The van der Waals surface area contributed by atoms with Crippen molar-refractivity contribution in [3.63, 3.8) is 0 Å². The molecule has 2 aliphatic heterocycles. The quantitative estimate of drug-likeness (QED) is 0.772. The zero-order valence-electron chi connectivity index (χ0n) is 14.9. The van der Waals surface area contributed by atoms with E-state index in [9.17, 15) is 31.1 Å². The van der Waals surface area contributed by atoms with Crippen molar-refractivity contribution in [3.05, 3.63) is 34.4 Å². The van der Waals surface area contributed by atoms with E-state index in [1.807, 2.05) is 4.90 Å². The van der Waals surface area contributed by atoms with E-state index in [0.717, 1.165) is 12.8 Å². The highest BCUT2D eigenvalue weighted by atomic mass is 19.4. The molecule has 0 saturated carbocycles. The topological polar surface area (TPSA) is 55.6 Å². The molecule has 0 aromatic heterocycles. The molecule has 2 unspecified atom stereocenters. The fourth-order valence-corrected chi connectivity index (χ4v) is 4.15. The molecule has 10 heteroatoms. The molecule has 0 spiro atoms. The number of hydrogen-bond donors (Lipinski definition) is 1. The zero-order valence-corrected chi connectivity index (χ0v) is 14.9. The van der Waals surface area contributed by atoms with Gasteiger partial charge in [0.05, 0.1) is 23.3 Å². The van der Waals surface area contributed by atoms with Crippen molar-refractivity contribution in [1.29, 1.82) is 0 Å². The van der Waals surface area contributed by atoms with Gasteiger partial charge in [-0.3, -0.25) is 9.69 Å². The average Bonchev–Trinajstić information content (AvgIpc) is 3.13. The van der Waals surface area contributed by atoms with Gasteiger partial charge in [-0.15, -0.1) is 0 Å². The molecule has 2 N–H and O–H groups in total. The van der Waals surface area contributed by atoms with Gasteiger partial charge in [0.1, 0.15) is 0 Å². The third-order valence-corrected chi connectivity index (χ3v) is 5.38. The SMILES string of the molecule is NC(=O)c1c(C2COCCC2N2CCCC2)cc(C(F)(F)F)cc1C(F)(F)F. The maximum Gasteiger partial charge on any atom is 0.417 e. The first-order chi connectivity index (χ1) is 13.0. The van der Waals surface area contributed by atoms with Crippen LogP contribution in [-0.4, -0.2) is 43.2 Å². The number of rotatable bonds is 3. The van der Waals surface area contributed by atoms with Crippen molar-refractivity contribution in [2.24, 2.45) is 5.73 Å². The summed E-state index contributed by atoms with van der Waals surface area (Å²) < 4.78 is 85.8. The van der Waals surface area contributed by atoms with Crippen molar-refractivity contribution in [2.45, 2.75) is 43.6 Å². The van der Waals surface area contributed by atoms with Crippen LogP contribution in [0.3, 0.4) is 0 Å². The number of benzene rings is 1. The highest BCUT2D eigenvalue weighted by Gasteiger charge is 2.43. The lowest BCUT2D eigenvalue weighted by atomic mass is 9.82. The Kier molecular flexibility index (Phi) is 5.64. The number of likely N-dealkylation sites (tertiary alicyclic amines) is 1. The fraction of sp³-hybridized carbons (Fsp3) is 0.611. The predicted octanol–water partition coefficient (Wildman–Crippen LogP) is 3.79. The number of halogens is 6. The Morgan fingerprint density at radius 3 is 2.25 bits per heavy atom. The summed E-state index contributed by atoms with van der Waals surface area (Å²) in [5.41, 5.74) is 0.848. The smallest absolute Gasteiger partial charge is 0.381 e. The molecule has 0 bridgehead atoms. The first kappa shape index (κ1) is 20.9. The number of primary amides is 1. The maximum absolute atomic E-state index is 13.5. The van der Waals surface area contributed by atoms with Crippen LogP contribution in [0.1, 0.15) is 52.2 Å². The molecule has 3 rings (SSSR count). The van der Waals surface area contributed by atoms with Crippen molar-refractivity contribution in [2.75, 3.05) is 26.3 Å². The molecular weight excluding hydrogens is 390 g/mol. The van der Waals surface area contributed by atoms with E-state index in [1.165, 1.54) is 0 Å². The van der Waals surface area contributed by atoms with E-state index in [0.29, 0.717) is 32.2 Å². The lowest BCUT2D eigenvalue weighted by Gasteiger charge is -2.39. The minimum absolute atomic E-state index is 0.0435. The van der Waals surface area contributed by atoms with Crippen molar-refractivity contribution in [1.82, 2.24) is 4.90 Å². The van der Waals surface area contributed by atoms with Gasteiger partial charge in [-0.1, -0.05) is 0 Å². The Bertz CT molecular complexity index is 741. The first-order valence-corrected chi connectivity index (χ1v) is 8.94. The molecule has 1 aromatic rings. The summed E-state index contributed by atoms with van der Waals surface area (Å²) in [5.74, 6) is -2.21. The number of amides is 1. The van der Waals surface area contributed by atoms with Gasteiger partial charge in [-0.25, -0.2) is 0 Å². The third-order valence-electron chi connectivity index (χ3n) is 5.38. The average molecular weight is 410 g/mol. The monoisotopic (exact) mass is 410 g/mol. The second kappa shape index (κ2) is 7.55. The van der Waals surface area contributed by atoms with Crippen molar-refractivity contribution >= 4 is 5.91 Å². The van der Waals surface area contributed by atoms with Gasteiger partial charge >= 0.3 is 12.4 Å². The molecule has 28 heavy (non-hydrogen) atoms. The van der Waals surface area contributed by atoms with Crippen LogP contribution < -0.4 is 5.73 Å². The Morgan fingerprint density at radius 2 is 1.71 bits per heavy atom. The molecule has 4 nitrogen and oxygen atoms in total. The summed E-state index contributed by atoms with van der Waals surface area (Å²) >= 11 is 0. The second-order valence-corrected chi connectivity index (χ2v) is 7.13. The number of nitrogens with two attached hydrogens (primary N) is 1. The molecule has 2 aliphatic rings. The van der Waals surface area contributed by atoms with E-state index in [2.05, 4.69) is 0 Å². The summed E-state index contributed by atoms with van der Waals surface area (Å²) in [7, 11) is 0. The van der Waals surface area contributed by atoms with Gasteiger partial charge in [0, 0.05) is 18.6 Å². The lowest BCUT2D eigenvalue weighted by molar-refractivity contribution is -0.143. The molecule has 156 valence electrons. The summed E-state index contributed by atoms with van der Waals surface area (Å²) in [5, 5.41) is 0. The molecule has 0 radical (unpaired) electrons. The van der Waals surface area contributed by atoms with E-state index in [4.69, 9.17) is 10.5 Å². The standard InChI is InChI=1S/C18H20F6N2O2/c19-17(20,21)10-7-11(15(16(25)27)13(8-10)18(22,23)24)12-9-28-6-3-14(12)26-4-1-2-5-26/h7-8,12,14H,1-6,9H2,(H2,25,27). The van der Waals surface area contributed by atoms with Gasteiger partial charge in [-0.05, 0) is 50.0 Å². The van der Waals surface area contributed by atoms with Gasteiger partial charge in [0.15, 0.2) is 0 Å². The summed E-state index contributed by atoms with van der Waals surface area (Å²) in [6.45, 7) is 1.70. The Labute approximate surface area is 157 Å². The number of nitrogens with zero attached hydrogens (tertiary/aromatic N) is 1. The minimum atomic E-state index is -5.15. The van der Waals surface area contributed by atoms with Crippen LogP contribution in [0.25, 0.3) is 0 Å². The second-order valence-electron chi connectivity index (χ2n) is 7.13. The Morgan fingerprint density at radius 1 is 1.07 bits per heavy atom. The summed E-state index contributed by atoms with van der Waals surface area (Å²) in [6, 6.07) is 0.273. The lowest BCUT2D eigenvalue weighted by Crippen LogP contribution is -2.44. The van der Waals surface area contributed by atoms with Crippen molar-refractivity contribution < 1.29 is 35.9 Å². The first-order valence-electron chi connectivity index (χ1n) is 8.94. The molecule has 2 saturated heterocycles. The predicted molar refractivity (Wildman–Crippen MR) is 87.7 cm³/mol. The molecule has 1 aromatic carbocycles. The molecule has 0 aliphatic carbocycles. The van der Waals surface area contributed by atoms with E-state index >= 15 is 0 Å². The molecule has 2 fully saturated rings. The van der Waals surface area contributed by atoms with Gasteiger partial charge < -0.3 is 10.5 Å². The van der Waals surface area contributed by atoms with E-state index in [1.54, 1.807) is 0 Å². The van der Waals surface area contributed by atoms with E-state index < -0.39 is 40.9 Å². The van der Waals surface area contributed by atoms with Crippen LogP contribution in [0.2, 0.25) is 0 Å². The fourth-order valence-electron chi connectivity index (χ4n) is 4.15. The van der Waals surface area contributed by atoms with Crippen LogP contribution in [0.5, 0.6) is 0 Å². The number of ether oxygens (including phenoxy) is 1. The number of alkyl halides is 6. The Hall–Kier alpha value is -1.81. The van der Waals surface area contributed by atoms with Crippen LogP contribution in [0.4, 0.5) is 26.3 Å². The summed E-state index contributed by atoms with van der Waals surface area (Å²) in [6.07, 6.45) is -7.88. The maximum atomic E-state index is 13.5. The van der Waals surface area contributed by atoms with Crippen molar-refractivity contribution in [3.8, 4) is 0 Å². The van der Waals surface area contributed by atoms with Gasteiger partial charge in [0.25, 0.3) is 0 Å². The molecule has 2 heterocycles. The normalized spacial score (nSPS) is 24.5. The van der Waals surface area contributed by atoms with Gasteiger partial charge in [-0.2, -0.15) is 26.3 Å². The number of carbonyl (C=O) groups excluding carboxylic acids is 1. The van der Waals surface area contributed by atoms with Crippen LogP contribution in [0.15, 0.2) is 12.1 Å². The molecule has 1 amide bonds. The van der Waals surface area contributed by atoms with Crippen LogP contribution in [0, 0.1) is 0 Å². The molecular formula is C18H20F6N2O2. The zero-order chi connectivity index (χ0) is 20.7.